The molecule has 10 nitrogen and oxygen atoms in total. The van der Waals surface area contributed by atoms with Gasteiger partial charge in [-0.2, -0.15) is 0 Å². The van der Waals surface area contributed by atoms with Crippen LogP contribution in [0.4, 0.5) is 11.4 Å². The second-order valence-electron chi connectivity index (χ2n) is 15.6. The molecule has 8 rings (SSSR count). The molecule has 12 heteroatoms. The van der Waals surface area contributed by atoms with Crippen molar-refractivity contribution in [3.05, 3.63) is 177 Å². The number of aryl methyl sites for hydroxylation is 2. The van der Waals surface area contributed by atoms with Gasteiger partial charge in [-0.25, -0.2) is 16.8 Å². The highest BCUT2D eigenvalue weighted by atomic mass is 32.2. The second kappa shape index (κ2) is 17.1. The minimum Gasteiger partial charge on any atom is -0.289 e. The van der Waals surface area contributed by atoms with E-state index in [1.807, 2.05) is 0 Å². The first kappa shape index (κ1) is 42.2. The fraction of sp³-hybridized carbons (Fsp3) is 0.200. The largest absolute Gasteiger partial charge is 0.289 e. The van der Waals surface area contributed by atoms with Crippen LogP contribution in [0, 0.1) is 0 Å². The van der Waals surface area contributed by atoms with Gasteiger partial charge in [0.1, 0.15) is 0 Å². The summed E-state index contributed by atoms with van der Waals surface area (Å²) < 4.78 is 60.8. The topological polar surface area (TPSA) is 161 Å². The zero-order valence-corrected chi connectivity index (χ0v) is 35.9. The van der Waals surface area contributed by atoms with Gasteiger partial charge in [0, 0.05) is 33.4 Å². The predicted molar refractivity (Wildman–Crippen MR) is 239 cm³/mol. The highest BCUT2D eigenvalue weighted by molar-refractivity contribution is 7.93. The van der Waals surface area contributed by atoms with E-state index >= 15 is 0 Å². The molecule has 0 amide bonds. The van der Waals surface area contributed by atoms with Crippen molar-refractivity contribution in [1.29, 1.82) is 0 Å². The van der Waals surface area contributed by atoms with E-state index in [0.29, 0.717) is 0 Å². The van der Waals surface area contributed by atoms with E-state index in [4.69, 9.17) is 0 Å². The lowest BCUT2D eigenvalue weighted by Gasteiger charge is -2.27. The van der Waals surface area contributed by atoms with E-state index in [0.717, 1.165) is 62.5 Å². The van der Waals surface area contributed by atoms with Crippen LogP contribution in [0.15, 0.2) is 131 Å². The molecule has 0 radical (unpaired) electrons. The van der Waals surface area contributed by atoms with E-state index in [9.17, 15) is 36.0 Å². The van der Waals surface area contributed by atoms with E-state index < -0.39 is 43.2 Å². The number of hydrogen-bond donors (Lipinski definition) is 2. The highest BCUT2D eigenvalue weighted by Gasteiger charge is 2.39. The second-order valence-corrected chi connectivity index (χ2v) is 19.0. The molecule has 2 aliphatic rings. The average molecular weight is 865 g/mol. The zero-order chi connectivity index (χ0) is 43.8. The van der Waals surface area contributed by atoms with Crippen molar-refractivity contribution < 1.29 is 36.0 Å². The van der Waals surface area contributed by atoms with Crippen LogP contribution in [0.25, 0.3) is 11.1 Å². The Morgan fingerprint density at radius 3 is 1.02 bits per heavy atom. The molecule has 0 saturated carbocycles. The van der Waals surface area contributed by atoms with Crippen molar-refractivity contribution in [1.82, 2.24) is 0 Å². The molecule has 62 heavy (non-hydrogen) atoms. The van der Waals surface area contributed by atoms with Crippen molar-refractivity contribution in [2.24, 2.45) is 0 Å². The van der Waals surface area contributed by atoms with E-state index in [1.54, 1.807) is 48.5 Å². The number of anilines is 2. The molecule has 6 aromatic rings. The third-order valence-electron chi connectivity index (χ3n) is 11.5. The molecule has 0 aliphatic heterocycles. The molecule has 6 aromatic carbocycles. The standard InChI is InChI=1S/C50H44N2O8S2/c1-3-5-7-13-31-19-23-33(24-20-31)61(57,58)51-41-29-27-35(43-45(41)49(55)39-17-11-9-15-37(39)47(43)53)36-28-30-42(46-44(36)48(54)38-16-10-12-18-40(38)50(46)56)52-62(59,60)34-25-21-32(22-26-34)14-8-6-4-2/h9-12,15-30,51-52H,3-8,13-14H2,1-2H3. The maximum atomic E-state index is 14.6. The fourth-order valence-electron chi connectivity index (χ4n) is 8.30. The summed E-state index contributed by atoms with van der Waals surface area (Å²) in [6.45, 7) is 4.21. The summed E-state index contributed by atoms with van der Waals surface area (Å²) >= 11 is 0. The maximum absolute atomic E-state index is 14.6. The van der Waals surface area contributed by atoms with Crippen LogP contribution in [-0.2, 0) is 32.9 Å². The number of nitrogens with one attached hydrogen (secondary N) is 2. The molecule has 0 bridgehead atoms. The monoisotopic (exact) mass is 864 g/mol. The molecule has 0 saturated heterocycles. The Morgan fingerprint density at radius 1 is 0.371 bits per heavy atom. The summed E-state index contributed by atoms with van der Waals surface area (Å²) in [7, 11) is -8.56. The lowest BCUT2D eigenvalue weighted by atomic mass is 9.76. The molecule has 0 heterocycles. The average Bonchev–Trinajstić information content (AvgIpc) is 3.27. The summed E-state index contributed by atoms with van der Waals surface area (Å²) in [5.41, 5.74) is 1.34. The third-order valence-corrected chi connectivity index (χ3v) is 14.3. The molecular weight excluding hydrogens is 821 g/mol. The SMILES string of the molecule is CCCCCc1ccc(S(=O)(=O)Nc2ccc(-c3ccc(NS(=O)(=O)c4ccc(CCCCC)cc4)c4c3C(=O)c3ccccc3C4=O)c3c2C(=O)c2ccccc2C3=O)cc1. The van der Waals surface area contributed by atoms with Crippen LogP contribution in [0.5, 0.6) is 0 Å². The number of rotatable bonds is 15. The van der Waals surface area contributed by atoms with Gasteiger partial charge >= 0.3 is 0 Å². The van der Waals surface area contributed by atoms with E-state index in [1.165, 1.54) is 72.8 Å². The number of unbranched alkanes of at least 4 members (excludes halogenated alkanes) is 4. The molecule has 314 valence electrons. The van der Waals surface area contributed by atoms with Gasteiger partial charge in [-0.3, -0.25) is 28.6 Å². The summed E-state index contributed by atoms with van der Waals surface area (Å²) in [5, 5.41) is 0. The zero-order valence-electron chi connectivity index (χ0n) is 34.3. The van der Waals surface area contributed by atoms with Crippen molar-refractivity contribution in [2.45, 2.75) is 75.0 Å². The van der Waals surface area contributed by atoms with Gasteiger partial charge in [0.2, 0.25) is 0 Å². The summed E-state index contributed by atoms with van der Waals surface area (Å²) in [4.78, 5) is 58.1. The molecular formula is C50H44N2O8S2. The number of carbonyl (C=O) groups is 4. The van der Waals surface area contributed by atoms with Crippen molar-refractivity contribution >= 4 is 54.6 Å². The Kier molecular flexibility index (Phi) is 11.6. The van der Waals surface area contributed by atoms with Crippen LogP contribution in [-0.4, -0.2) is 40.0 Å². The van der Waals surface area contributed by atoms with Gasteiger partial charge in [-0.05, 0) is 84.3 Å². The van der Waals surface area contributed by atoms with Crippen LogP contribution in [0.1, 0.15) is 127 Å². The Labute approximate surface area is 361 Å². The highest BCUT2D eigenvalue weighted by Crippen LogP contribution is 2.44. The molecule has 0 unspecified atom stereocenters. The molecule has 0 aromatic heterocycles. The normalized spacial score (nSPS) is 13.3. The van der Waals surface area contributed by atoms with E-state index in [2.05, 4.69) is 23.3 Å². The van der Waals surface area contributed by atoms with Crippen molar-refractivity contribution in [2.75, 3.05) is 9.44 Å². The summed E-state index contributed by atoms with van der Waals surface area (Å²) in [6.07, 6.45) is 7.75. The number of carbonyl (C=O) groups excluding carboxylic acids is 4. The van der Waals surface area contributed by atoms with Gasteiger partial charge in [-0.1, -0.05) is 124 Å². The van der Waals surface area contributed by atoms with Gasteiger partial charge in [0.25, 0.3) is 20.0 Å². The smallest absolute Gasteiger partial charge is 0.261 e. The van der Waals surface area contributed by atoms with Gasteiger partial charge in [-0.15, -0.1) is 0 Å². The minimum absolute atomic E-state index is 0.0395. The third kappa shape index (κ3) is 7.80. The van der Waals surface area contributed by atoms with Gasteiger partial charge in [0.15, 0.2) is 23.1 Å². The Morgan fingerprint density at radius 2 is 0.694 bits per heavy atom. The molecule has 0 atom stereocenters. The number of benzene rings is 6. The summed E-state index contributed by atoms with van der Waals surface area (Å²) in [5.74, 6) is -2.45. The summed E-state index contributed by atoms with van der Waals surface area (Å²) in [6, 6.07) is 31.0. The Balaban J connectivity index is 1.26. The quantitative estimate of drug-likeness (QED) is 0.0963. The number of hydrogen-bond acceptors (Lipinski definition) is 8. The fourth-order valence-corrected chi connectivity index (χ4v) is 10.4. The predicted octanol–water partition coefficient (Wildman–Crippen LogP) is 9.97. The van der Waals surface area contributed by atoms with E-state index in [-0.39, 0.29) is 76.8 Å². The van der Waals surface area contributed by atoms with Crippen LogP contribution in [0.3, 0.4) is 0 Å². The van der Waals surface area contributed by atoms with Crippen molar-refractivity contribution in [3.63, 3.8) is 0 Å². The lowest BCUT2D eigenvalue weighted by molar-refractivity contribution is 0.0978. The first-order chi connectivity index (χ1) is 29.8. The number of ketones is 4. The van der Waals surface area contributed by atoms with Gasteiger partial charge in [0.05, 0.1) is 32.3 Å². The lowest BCUT2D eigenvalue weighted by Crippen LogP contribution is -2.27. The van der Waals surface area contributed by atoms with Crippen LogP contribution >= 0.6 is 0 Å². The maximum Gasteiger partial charge on any atom is 0.261 e. The van der Waals surface area contributed by atoms with Crippen LogP contribution < -0.4 is 9.44 Å². The number of fused-ring (bicyclic) bond motifs is 4. The molecule has 2 N–H and O–H groups in total. The first-order valence-corrected chi connectivity index (χ1v) is 23.8. The Bertz CT molecular complexity index is 2820. The van der Waals surface area contributed by atoms with Crippen LogP contribution in [0.2, 0.25) is 0 Å². The van der Waals surface area contributed by atoms with Gasteiger partial charge < -0.3 is 0 Å². The Hall–Kier alpha value is -6.50. The molecule has 0 spiro atoms. The first-order valence-electron chi connectivity index (χ1n) is 20.8. The number of sulfonamides is 2. The molecule has 2 aliphatic carbocycles. The molecule has 0 fully saturated rings. The minimum atomic E-state index is -4.28. The van der Waals surface area contributed by atoms with Crippen molar-refractivity contribution in [3.8, 4) is 11.1 Å².